The van der Waals surface area contributed by atoms with E-state index in [0.717, 1.165) is 10.8 Å². The molecule has 1 heterocycles. The van der Waals surface area contributed by atoms with E-state index in [1.807, 2.05) is 24.3 Å². The fourth-order valence-corrected chi connectivity index (χ4v) is 2.33. The van der Waals surface area contributed by atoms with Crippen LogP contribution in [0.5, 0.6) is 0 Å². The number of aromatic amines is 1. The molecule has 0 amide bonds. The van der Waals surface area contributed by atoms with Crippen molar-refractivity contribution in [3.8, 4) is 11.3 Å². The van der Waals surface area contributed by atoms with Gasteiger partial charge in [0.05, 0.1) is 10.6 Å². The first-order chi connectivity index (χ1) is 9.66. The number of fused-ring (bicyclic) bond motifs is 1. The maximum atomic E-state index is 10.9. The normalized spacial score (nSPS) is 10.6. The molecular formula is C14H9N3O2S. The van der Waals surface area contributed by atoms with Crippen molar-refractivity contribution < 1.29 is 4.92 Å². The molecule has 0 saturated carbocycles. The van der Waals surface area contributed by atoms with Crippen molar-refractivity contribution in [2.45, 2.75) is 0 Å². The highest BCUT2D eigenvalue weighted by molar-refractivity contribution is 7.71. The number of non-ortho nitro benzene ring substituents is 1. The van der Waals surface area contributed by atoms with Crippen LogP contribution in [0.15, 0.2) is 48.5 Å². The quantitative estimate of drug-likeness (QED) is 0.440. The van der Waals surface area contributed by atoms with Gasteiger partial charge in [0.2, 0.25) is 0 Å². The SMILES string of the molecule is O=[N+]([O-])c1cccc(-c2n[nH]c(=S)c3ccccc23)c1. The molecule has 1 aromatic heterocycles. The summed E-state index contributed by atoms with van der Waals surface area (Å²) in [4.78, 5) is 10.4. The van der Waals surface area contributed by atoms with E-state index in [1.54, 1.807) is 12.1 Å². The van der Waals surface area contributed by atoms with Gasteiger partial charge < -0.3 is 0 Å². The number of nitro groups is 1. The van der Waals surface area contributed by atoms with Crippen LogP contribution in [0.2, 0.25) is 0 Å². The topological polar surface area (TPSA) is 71.8 Å². The molecule has 5 nitrogen and oxygen atoms in total. The Morgan fingerprint density at radius 3 is 2.60 bits per heavy atom. The average Bonchev–Trinajstić information content (AvgIpc) is 2.48. The molecule has 0 aliphatic rings. The van der Waals surface area contributed by atoms with Crippen LogP contribution in [-0.4, -0.2) is 15.1 Å². The molecule has 0 atom stereocenters. The van der Waals surface area contributed by atoms with Gasteiger partial charge >= 0.3 is 0 Å². The Labute approximate surface area is 119 Å². The maximum Gasteiger partial charge on any atom is 0.270 e. The number of H-pyrrole nitrogens is 1. The second kappa shape index (κ2) is 4.82. The highest BCUT2D eigenvalue weighted by Gasteiger charge is 2.11. The van der Waals surface area contributed by atoms with Crippen LogP contribution >= 0.6 is 12.2 Å². The summed E-state index contributed by atoms with van der Waals surface area (Å²) in [6, 6.07) is 14.0. The summed E-state index contributed by atoms with van der Waals surface area (Å²) < 4.78 is 0.551. The summed E-state index contributed by atoms with van der Waals surface area (Å²) >= 11 is 5.20. The molecule has 6 heteroatoms. The third-order valence-electron chi connectivity index (χ3n) is 3.03. The van der Waals surface area contributed by atoms with Crippen LogP contribution in [0.4, 0.5) is 5.69 Å². The lowest BCUT2D eigenvalue weighted by atomic mass is 10.0. The molecule has 1 N–H and O–H groups in total. The van der Waals surface area contributed by atoms with Gasteiger partial charge in [0.15, 0.2) is 0 Å². The zero-order chi connectivity index (χ0) is 14.1. The van der Waals surface area contributed by atoms with E-state index in [2.05, 4.69) is 10.2 Å². The van der Waals surface area contributed by atoms with Crippen molar-refractivity contribution in [2.75, 3.05) is 0 Å². The van der Waals surface area contributed by atoms with Crippen LogP contribution in [0.1, 0.15) is 0 Å². The molecule has 98 valence electrons. The van der Waals surface area contributed by atoms with Crippen LogP contribution in [-0.2, 0) is 0 Å². The zero-order valence-electron chi connectivity index (χ0n) is 10.2. The first-order valence-electron chi connectivity index (χ1n) is 5.89. The standard InChI is InChI=1S/C14H9N3O2S/c18-17(19)10-5-3-4-9(8-10)13-11-6-1-2-7-12(11)14(20)16-15-13/h1-8H,(H,16,20). The van der Waals surface area contributed by atoms with Crippen LogP contribution < -0.4 is 0 Å². The minimum Gasteiger partial charge on any atom is -0.267 e. The summed E-state index contributed by atoms with van der Waals surface area (Å²) in [5, 5.41) is 19.6. The van der Waals surface area contributed by atoms with Crippen molar-refractivity contribution >= 4 is 28.7 Å². The number of nitro benzene ring substituents is 1. The first-order valence-corrected chi connectivity index (χ1v) is 6.30. The molecule has 2 aromatic carbocycles. The molecule has 0 bridgehead atoms. The van der Waals surface area contributed by atoms with E-state index < -0.39 is 4.92 Å². The van der Waals surface area contributed by atoms with Gasteiger partial charge in [0, 0.05) is 28.5 Å². The second-order valence-electron chi connectivity index (χ2n) is 4.25. The van der Waals surface area contributed by atoms with Gasteiger partial charge in [-0.15, -0.1) is 0 Å². The second-order valence-corrected chi connectivity index (χ2v) is 4.66. The minimum atomic E-state index is -0.420. The first kappa shape index (κ1) is 12.4. The molecule has 0 unspecified atom stereocenters. The van der Waals surface area contributed by atoms with Gasteiger partial charge in [-0.1, -0.05) is 48.6 Å². The Morgan fingerprint density at radius 1 is 1.10 bits per heavy atom. The van der Waals surface area contributed by atoms with Gasteiger partial charge in [0.1, 0.15) is 4.64 Å². The number of hydrogen-bond acceptors (Lipinski definition) is 4. The van der Waals surface area contributed by atoms with E-state index in [0.29, 0.717) is 15.9 Å². The highest BCUT2D eigenvalue weighted by Crippen LogP contribution is 2.28. The Morgan fingerprint density at radius 2 is 1.85 bits per heavy atom. The minimum absolute atomic E-state index is 0.0378. The van der Waals surface area contributed by atoms with Crippen LogP contribution in [0, 0.1) is 14.8 Å². The van der Waals surface area contributed by atoms with Crippen LogP contribution in [0.25, 0.3) is 22.0 Å². The zero-order valence-corrected chi connectivity index (χ0v) is 11.1. The van der Waals surface area contributed by atoms with Gasteiger partial charge in [-0.05, 0) is 0 Å². The third-order valence-corrected chi connectivity index (χ3v) is 3.34. The lowest BCUT2D eigenvalue weighted by Crippen LogP contribution is -1.93. The summed E-state index contributed by atoms with van der Waals surface area (Å²) in [5.74, 6) is 0. The smallest absolute Gasteiger partial charge is 0.267 e. The number of hydrogen-bond donors (Lipinski definition) is 1. The van der Waals surface area contributed by atoms with Gasteiger partial charge in [0.25, 0.3) is 5.69 Å². The number of rotatable bonds is 2. The third kappa shape index (κ3) is 2.06. The maximum absolute atomic E-state index is 10.9. The van der Waals surface area contributed by atoms with Crippen molar-refractivity contribution in [1.82, 2.24) is 10.2 Å². The number of nitrogens with one attached hydrogen (secondary N) is 1. The summed E-state index contributed by atoms with van der Waals surface area (Å²) in [7, 11) is 0. The number of nitrogens with zero attached hydrogens (tertiary/aromatic N) is 2. The van der Waals surface area contributed by atoms with E-state index in [9.17, 15) is 10.1 Å². The fourth-order valence-electron chi connectivity index (χ4n) is 2.10. The Bertz CT molecular complexity index is 873. The monoisotopic (exact) mass is 283 g/mol. The Balaban J connectivity index is 2.30. The van der Waals surface area contributed by atoms with Gasteiger partial charge in [-0.2, -0.15) is 5.10 Å². The van der Waals surface area contributed by atoms with Gasteiger partial charge in [-0.25, -0.2) is 0 Å². The predicted molar refractivity (Wildman–Crippen MR) is 79.0 cm³/mol. The fraction of sp³-hybridized carbons (Fsp3) is 0. The van der Waals surface area contributed by atoms with Crippen molar-refractivity contribution in [3.05, 3.63) is 63.3 Å². The van der Waals surface area contributed by atoms with Crippen molar-refractivity contribution in [2.24, 2.45) is 0 Å². The number of benzene rings is 2. The Hall–Kier alpha value is -2.60. The largest absolute Gasteiger partial charge is 0.270 e. The van der Waals surface area contributed by atoms with E-state index in [-0.39, 0.29) is 5.69 Å². The lowest BCUT2D eigenvalue weighted by molar-refractivity contribution is -0.384. The van der Waals surface area contributed by atoms with E-state index >= 15 is 0 Å². The molecule has 0 aliphatic heterocycles. The molecule has 20 heavy (non-hydrogen) atoms. The predicted octanol–water partition coefficient (Wildman–Crippen LogP) is 3.87. The van der Waals surface area contributed by atoms with Crippen LogP contribution in [0.3, 0.4) is 0 Å². The molecular weight excluding hydrogens is 274 g/mol. The molecule has 0 spiro atoms. The number of aromatic nitrogens is 2. The molecule has 3 rings (SSSR count). The van der Waals surface area contributed by atoms with Crippen molar-refractivity contribution in [3.63, 3.8) is 0 Å². The summed E-state index contributed by atoms with van der Waals surface area (Å²) in [6.07, 6.45) is 0. The molecule has 0 fully saturated rings. The molecule has 0 saturated heterocycles. The summed E-state index contributed by atoms with van der Waals surface area (Å²) in [6.45, 7) is 0. The van der Waals surface area contributed by atoms with Crippen molar-refractivity contribution in [1.29, 1.82) is 0 Å². The van der Waals surface area contributed by atoms with E-state index in [4.69, 9.17) is 12.2 Å². The molecule has 0 aliphatic carbocycles. The lowest BCUT2D eigenvalue weighted by Gasteiger charge is -2.05. The molecule has 0 radical (unpaired) electrons. The highest BCUT2D eigenvalue weighted by atomic mass is 32.1. The Kier molecular flexibility index (Phi) is 3.00. The van der Waals surface area contributed by atoms with E-state index in [1.165, 1.54) is 12.1 Å². The molecule has 3 aromatic rings. The van der Waals surface area contributed by atoms with Gasteiger partial charge in [-0.3, -0.25) is 15.2 Å². The average molecular weight is 283 g/mol. The summed E-state index contributed by atoms with van der Waals surface area (Å²) in [5.41, 5.74) is 1.37.